The number of hydrogen-bond donors (Lipinski definition) is 1. The van der Waals surface area contributed by atoms with Crippen molar-refractivity contribution in [2.75, 3.05) is 0 Å². The number of aromatic nitrogens is 3. The number of pyridine rings is 1. The summed E-state index contributed by atoms with van der Waals surface area (Å²) in [6, 6.07) is 11.2. The molecule has 0 saturated carbocycles. The Morgan fingerprint density at radius 1 is 0.941 bits per heavy atom. The molecule has 2 aromatic heterocycles. The number of nitrogens with zero attached hydrogens (tertiary/aromatic N) is 2. The zero-order chi connectivity index (χ0) is 11.7. The van der Waals surface area contributed by atoms with E-state index in [4.69, 9.17) is 0 Å². The van der Waals surface area contributed by atoms with Crippen LogP contribution in [0.3, 0.4) is 0 Å². The van der Waals surface area contributed by atoms with Crippen molar-refractivity contribution in [2.45, 2.75) is 0 Å². The van der Waals surface area contributed by atoms with Crippen LogP contribution in [0.1, 0.15) is 0 Å². The van der Waals surface area contributed by atoms with Crippen molar-refractivity contribution >= 4 is 10.8 Å². The quantitative estimate of drug-likeness (QED) is 0.686. The number of aromatic amines is 1. The highest BCUT2D eigenvalue weighted by atomic mass is 16.1. The summed E-state index contributed by atoms with van der Waals surface area (Å²) in [5, 5.41) is 8.12. The summed E-state index contributed by atoms with van der Waals surface area (Å²) >= 11 is 0. The van der Waals surface area contributed by atoms with Gasteiger partial charge in [0, 0.05) is 23.3 Å². The second-order valence-corrected chi connectivity index (χ2v) is 3.68. The average molecular weight is 223 g/mol. The molecule has 0 fully saturated rings. The van der Waals surface area contributed by atoms with Gasteiger partial charge in [-0.05, 0) is 18.2 Å². The van der Waals surface area contributed by atoms with Crippen LogP contribution in [0.25, 0.3) is 22.0 Å². The molecule has 1 aromatic carbocycles. The first-order valence-corrected chi connectivity index (χ1v) is 5.24. The van der Waals surface area contributed by atoms with Gasteiger partial charge in [0.15, 0.2) is 0 Å². The van der Waals surface area contributed by atoms with E-state index in [1.165, 1.54) is 0 Å². The normalized spacial score (nSPS) is 10.6. The molecule has 82 valence electrons. The summed E-state index contributed by atoms with van der Waals surface area (Å²) < 4.78 is 0. The standard InChI is InChI=1S/C13H9N3O/c17-13-11-4-2-1-3-10(11)12(15-16-13)9-5-7-14-8-6-9/h1-8H,(H,16,17). The van der Waals surface area contributed by atoms with E-state index in [0.29, 0.717) is 5.39 Å². The highest BCUT2D eigenvalue weighted by Gasteiger charge is 2.07. The molecular formula is C13H9N3O. The number of hydrogen-bond acceptors (Lipinski definition) is 3. The van der Waals surface area contributed by atoms with Crippen LogP contribution in [-0.4, -0.2) is 15.2 Å². The summed E-state index contributed by atoms with van der Waals surface area (Å²) in [4.78, 5) is 15.6. The molecule has 0 aliphatic heterocycles. The lowest BCUT2D eigenvalue weighted by atomic mass is 10.1. The van der Waals surface area contributed by atoms with Gasteiger partial charge in [0.25, 0.3) is 5.56 Å². The fourth-order valence-corrected chi connectivity index (χ4v) is 1.84. The second kappa shape index (κ2) is 3.83. The smallest absolute Gasteiger partial charge is 0.267 e. The SMILES string of the molecule is O=c1[nH]nc(-c2ccncc2)c2ccccc12. The van der Waals surface area contributed by atoms with Crippen LogP contribution in [0.15, 0.2) is 53.6 Å². The van der Waals surface area contributed by atoms with Crippen LogP contribution in [0.5, 0.6) is 0 Å². The zero-order valence-corrected chi connectivity index (χ0v) is 8.92. The van der Waals surface area contributed by atoms with Crippen molar-refractivity contribution in [3.63, 3.8) is 0 Å². The summed E-state index contributed by atoms with van der Waals surface area (Å²) in [7, 11) is 0. The number of nitrogens with one attached hydrogen (secondary N) is 1. The van der Waals surface area contributed by atoms with Crippen LogP contribution in [0.4, 0.5) is 0 Å². The van der Waals surface area contributed by atoms with Gasteiger partial charge in [-0.2, -0.15) is 5.10 Å². The Labute approximate surface area is 97.0 Å². The molecule has 0 saturated heterocycles. The summed E-state index contributed by atoms with van der Waals surface area (Å²) in [5.41, 5.74) is 1.54. The van der Waals surface area contributed by atoms with E-state index >= 15 is 0 Å². The van der Waals surface area contributed by atoms with Gasteiger partial charge in [0.2, 0.25) is 0 Å². The third-order valence-electron chi connectivity index (χ3n) is 2.65. The third-order valence-corrected chi connectivity index (χ3v) is 2.65. The first-order chi connectivity index (χ1) is 8.36. The largest absolute Gasteiger partial charge is 0.272 e. The molecule has 3 aromatic rings. The van der Waals surface area contributed by atoms with Crippen LogP contribution in [0, 0.1) is 0 Å². The summed E-state index contributed by atoms with van der Waals surface area (Å²) in [5.74, 6) is 0. The molecule has 17 heavy (non-hydrogen) atoms. The van der Waals surface area contributed by atoms with Crippen molar-refractivity contribution in [2.24, 2.45) is 0 Å². The van der Waals surface area contributed by atoms with Gasteiger partial charge >= 0.3 is 0 Å². The Morgan fingerprint density at radius 3 is 2.41 bits per heavy atom. The number of rotatable bonds is 1. The van der Waals surface area contributed by atoms with Crippen molar-refractivity contribution in [1.29, 1.82) is 0 Å². The van der Waals surface area contributed by atoms with Crippen LogP contribution < -0.4 is 5.56 Å². The maximum Gasteiger partial charge on any atom is 0.272 e. The second-order valence-electron chi connectivity index (χ2n) is 3.68. The van der Waals surface area contributed by atoms with Gasteiger partial charge in [0.1, 0.15) is 0 Å². The molecule has 0 amide bonds. The van der Waals surface area contributed by atoms with Gasteiger partial charge in [-0.3, -0.25) is 9.78 Å². The van der Waals surface area contributed by atoms with E-state index in [1.807, 2.05) is 30.3 Å². The molecule has 2 heterocycles. The molecule has 0 spiro atoms. The van der Waals surface area contributed by atoms with E-state index in [1.54, 1.807) is 18.5 Å². The molecule has 0 unspecified atom stereocenters. The van der Waals surface area contributed by atoms with E-state index in [9.17, 15) is 4.79 Å². The molecule has 0 aliphatic carbocycles. The van der Waals surface area contributed by atoms with Crippen LogP contribution in [-0.2, 0) is 0 Å². The van der Waals surface area contributed by atoms with Crippen molar-refractivity contribution in [3.05, 3.63) is 59.1 Å². The minimum atomic E-state index is -0.168. The molecule has 3 rings (SSSR count). The highest BCUT2D eigenvalue weighted by molar-refractivity contribution is 5.93. The topological polar surface area (TPSA) is 58.6 Å². The Hall–Kier alpha value is -2.49. The third kappa shape index (κ3) is 1.59. The maximum atomic E-state index is 11.6. The number of H-pyrrole nitrogens is 1. The fourth-order valence-electron chi connectivity index (χ4n) is 1.84. The zero-order valence-electron chi connectivity index (χ0n) is 8.92. The lowest BCUT2D eigenvalue weighted by molar-refractivity contribution is 1.02. The number of fused-ring (bicyclic) bond motifs is 1. The Morgan fingerprint density at radius 2 is 1.65 bits per heavy atom. The minimum absolute atomic E-state index is 0.168. The van der Waals surface area contributed by atoms with Gasteiger partial charge in [0.05, 0.1) is 11.1 Å². The predicted octanol–water partition coefficient (Wildman–Crippen LogP) is 1.99. The molecule has 0 bridgehead atoms. The molecule has 4 heteroatoms. The first-order valence-electron chi connectivity index (χ1n) is 5.24. The molecule has 0 aliphatic rings. The molecule has 0 atom stereocenters. The highest BCUT2D eigenvalue weighted by Crippen LogP contribution is 2.22. The fraction of sp³-hybridized carbons (Fsp3) is 0. The lowest BCUT2D eigenvalue weighted by Gasteiger charge is -2.03. The summed E-state index contributed by atoms with van der Waals surface area (Å²) in [6.45, 7) is 0. The maximum absolute atomic E-state index is 11.6. The van der Waals surface area contributed by atoms with Crippen molar-refractivity contribution in [3.8, 4) is 11.3 Å². The van der Waals surface area contributed by atoms with Crippen molar-refractivity contribution in [1.82, 2.24) is 15.2 Å². The van der Waals surface area contributed by atoms with Crippen molar-refractivity contribution < 1.29 is 0 Å². The molecular weight excluding hydrogens is 214 g/mol. The molecule has 1 N–H and O–H groups in total. The van der Waals surface area contributed by atoms with Crippen LogP contribution >= 0.6 is 0 Å². The van der Waals surface area contributed by atoms with Gasteiger partial charge < -0.3 is 0 Å². The molecule has 4 nitrogen and oxygen atoms in total. The predicted molar refractivity (Wildman–Crippen MR) is 65.6 cm³/mol. The average Bonchev–Trinajstić information content (AvgIpc) is 2.41. The van der Waals surface area contributed by atoms with Gasteiger partial charge in [-0.25, -0.2) is 5.10 Å². The van der Waals surface area contributed by atoms with E-state index < -0.39 is 0 Å². The van der Waals surface area contributed by atoms with Gasteiger partial charge in [-0.1, -0.05) is 18.2 Å². The van der Waals surface area contributed by atoms with Gasteiger partial charge in [-0.15, -0.1) is 0 Å². The lowest BCUT2D eigenvalue weighted by Crippen LogP contribution is -2.09. The van der Waals surface area contributed by atoms with E-state index in [-0.39, 0.29) is 5.56 Å². The Kier molecular flexibility index (Phi) is 2.19. The Balaban J connectivity index is 2.39. The van der Waals surface area contributed by atoms with E-state index in [2.05, 4.69) is 15.2 Å². The Bertz CT molecular complexity index is 719. The van der Waals surface area contributed by atoms with E-state index in [0.717, 1.165) is 16.6 Å². The molecule has 0 radical (unpaired) electrons. The van der Waals surface area contributed by atoms with Crippen LogP contribution in [0.2, 0.25) is 0 Å². The number of benzene rings is 1. The monoisotopic (exact) mass is 223 g/mol. The first kappa shape index (κ1) is 9.72. The minimum Gasteiger partial charge on any atom is -0.267 e. The summed E-state index contributed by atoms with van der Waals surface area (Å²) in [6.07, 6.45) is 3.41.